The molecule has 0 amide bonds. The van der Waals surface area contributed by atoms with E-state index in [4.69, 9.17) is 4.74 Å². The maximum Gasteiger partial charge on any atom is 0.338 e. The molecule has 0 N–H and O–H groups in total. The van der Waals surface area contributed by atoms with Crippen LogP contribution >= 0.6 is 0 Å². The van der Waals surface area contributed by atoms with Gasteiger partial charge in [0.25, 0.3) is 0 Å². The third-order valence-electron chi connectivity index (χ3n) is 3.94. The normalized spacial score (nSPS) is 12.5. The zero-order chi connectivity index (χ0) is 15.7. The van der Waals surface area contributed by atoms with Gasteiger partial charge in [0.05, 0.1) is 11.7 Å². The highest BCUT2D eigenvalue weighted by molar-refractivity contribution is 6.11. The van der Waals surface area contributed by atoms with E-state index >= 15 is 0 Å². The van der Waals surface area contributed by atoms with Crippen LogP contribution in [-0.2, 0) is 9.84 Å². The van der Waals surface area contributed by atoms with Crippen LogP contribution in [0.25, 0.3) is 21.5 Å². The number of benzene rings is 3. The Bertz CT molecular complexity index is 852. The summed E-state index contributed by atoms with van der Waals surface area (Å²) >= 11 is 0. The number of ether oxygens (including phenoxy) is 1. The van der Waals surface area contributed by atoms with E-state index in [0.717, 1.165) is 22.6 Å². The fourth-order valence-electron chi connectivity index (χ4n) is 2.53. The molecule has 0 heterocycles. The van der Waals surface area contributed by atoms with E-state index in [9.17, 15) is 9.90 Å². The average molecular weight is 293 g/mol. The molecule has 3 aromatic rings. The lowest BCUT2D eigenvalue weighted by molar-refractivity contribution is 0.0334. The maximum atomic E-state index is 12.3. The molecule has 3 aromatic carbocycles. The van der Waals surface area contributed by atoms with E-state index in [0.29, 0.717) is 10.9 Å². The summed E-state index contributed by atoms with van der Waals surface area (Å²) in [6.45, 7) is 3.79. The molecule has 22 heavy (non-hydrogen) atoms. The van der Waals surface area contributed by atoms with Gasteiger partial charge >= 0.3 is 5.97 Å². The van der Waals surface area contributed by atoms with E-state index in [1.54, 1.807) is 6.07 Å². The quantitative estimate of drug-likeness (QED) is 0.498. The topological polar surface area (TPSA) is 46.2 Å². The molecular weight excluding hydrogens is 276 g/mol. The Morgan fingerprint density at radius 2 is 1.82 bits per heavy atom. The van der Waals surface area contributed by atoms with Crippen LogP contribution in [0.5, 0.6) is 5.75 Å². The predicted molar refractivity (Wildman–Crippen MR) is 86.8 cm³/mol. The molecule has 1 atom stereocenters. The summed E-state index contributed by atoms with van der Waals surface area (Å²) < 4.78 is 5.32. The Morgan fingerprint density at radius 1 is 1.05 bits per heavy atom. The van der Waals surface area contributed by atoms with Crippen LogP contribution in [0.15, 0.2) is 48.5 Å². The van der Waals surface area contributed by atoms with Gasteiger partial charge in [0.15, 0.2) is 5.75 Å². The molecule has 1 unspecified atom stereocenters. The third kappa shape index (κ3) is 2.50. The van der Waals surface area contributed by atoms with E-state index in [-0.39, 0.29) is 11.9 Å². The SMILES string of the molecule is CCC(C)OC(=O)c1cc([O])c2ccc3ccccc3c2c1. The molecule has 0 aliphatic rings. The van der Waals surface area contributed by atoms with Crippen molar-refractivity contribution in [1.82, 2.24) is 0 Å². The van der Waals surface area contributed by atoms with Crippen molar-refractivity contribution in [3.8, 4) is 5.75 Å². The second kappa shape index (κ2) is 5.68. The molecule has 111 valence electrons. The number of fused-ring (bicyclic) bond motifs is 3. The number of hydrogen-bond donors (Lipinski definition) is 0. The number of esters is 1. The Balaban J connectivity index is 2.17. The van der Waals surface area contributed by atoms with Crippen LogP contribution in [0.3, 0.4) is 0 Å². The molecular formula is C19H17O3. The standard InChI is InChI=1S/C19H17O3/c1-3-12(2)22-19(21)14-10-17-15-7-5-4-6-13(15)8-9-16(17)18(20)11-14/h4-12H,3H2,1-2H3. The van der Waals surface area contributed by atoms with Gasteiger partial charge in [-0.15, -0.1) is 0 Å². The molecule has 3 nitrogen and oxygen atoms in total. The lowest BCUT2D eigenvalue weighted by Gasteiger charge is -2.12. The molecule has 0 aliphatic heterocycles. The molecule has 3 heteroatoms. The average Bonchev–Trinajstić information content (AvgIpc) is 2.54. The molecule has 0 saturated heterocycles. The van der Waals surface area contributed by atoms with Crippen molar-refractivity contribution in [3.05, 3.63) is 54.1 Å². The highest BCUT2D eigenvalue weighted by atomic mass is 16.5. The molecule has 0 aromatic heterocycles. The minimum absolute atomic E-state index is 0.153. The number of rotatable bonds is 3. The zero-order valence-electron chi connectivity index (χ0n) is 12.6. The van der Waals surface area contributed by atoms with Gasteiger partial charge in [-0.3, -0.25) is 5.11 Å². The minimum Gasteiger partial charge on any atom is -0.459 e. The Morgan fingerprint density at radius 3 is 2.59 bits per heavy atom. The van der Waals surface area contributed by atoms with Crippen LogP contribution in [0.2, 0.25) is 0 Å². The summed E-state index contributed by atoms with van der Waals surface area (Å²) in [4.78, 5) is 12.2. The molecule has 0 spiro atoms. The number of hydrogen-bond acceptors (Lipinski definition) is 2. The van der Waals surface area contributed by atoms with Crippen LogP contribution in [0, 0.1) is 0 Å². The number of carbonyl (C=O) groups is 1. The zero-order valence-corrected chi connectivity index (χ0v) is 12.6. The highest BCUT2D eigenvalue weighted by Crippen LogP contribution is 2.33. The van der Waals surface area contributed by atoms with Crippen LogP contribution in [0.1, 0.15) is 30.6 Å². The van der Waals surface area contributed by atoms with E-state index in [2.05, 4.69) is 0 Å². The first-order chi connectivity index (χ1) is 10.6. The van der Waals surface area contributed by atoms with Crippen molar-refractivity contribution in [2.24, 2.45) is 0 Å². The summed E-state index contributed by atoms with van der Waals surface area (Å²) in [6.07, 6.45) is 0.581. The summed E-state index contributed by atoms with van der Waals surface area (Å²) in [5.41, 5.74) is 0.314. The van der Waals surface area contributed by atoms with Gasteiger partial charge in [0.2, 0.25) is 0 Å². The van der Waals surface area contributed by atoms with E-state index in [1.165, 1.54) is 6.07 Å². The first kappa shape index (κ1) is 14.4. The second-order valence-corrected chi connectivity index (χ2v) is 5.48. The van der Waals surface area contributed by atoms with Gasteiger partial charge in [-0.2, -0.15) is 0 Å². The van der Waals surface area contributed by atoms with Gasteiger partial charge in [0, 0.05) is 11.5 Å². The smallest absolute Gasteiger partial charge is 0.338 e. The molecule has 0 saturated carbocycles. The fourth-order valence-corrected chi connectivity index (χ4v) is 2.53. The van der Waals surface area contributed by atoms with Crippen molar-refractivity contribution in [3.63, 3.8) is 0 Å². The highest BCUT2D eigenvalue weighted by Gasteiger charge is 2.15. The summed E-state index contributed by atoms with van der Waals surface area (Å²) in [5, 5.41) is 15.7. The minimum atomic E-state index is -0.443. The number of carbonyl (C=O) groups excluding carboxylic acids is 1. The van der Waals surface area contributed by atoms with Crippen molar-refractivity contribution in [2.45, 2.75) is 26.4 Å². The van der Waals surface area contributed by atoms with Gasteiger partial charge in [-0.05, 0) is 41.6 Å². The van der Waals surface area contributed by atoms with Crippen molar-refractivity contribution in [2.75, 3.05) is 0 Å². The van der Waals surface area contributed by atoms with Crippen LogP contribution in [0.4, 0.5) is 0 Å². The molecule has 3 rings (SSSR count). The maximum absolute atomic E-state index is 12.3. The summed E-state index contributed by atoms with van der Waals surface area (Å²) in [7, 11) is 0. The van der Waals surface area contributed by atoms with Gasteiger partial charge in [-0.25, -0.2) is 4.79 Å². The molecule has 0 fully saturated rings. The first-order valence-electron chi connectivity index (χ1n) is 7.43. The Kier molecular flexibility index (Phi) is 3.72. The van der Waals surface area contributed by atoms with Crippen LogP contribution < -0.4 is 0 Å². The van der Waals surface area contributed by atoms with Crippen molar-refractivity contribution >= 4 is 27.5 Å². The predicted octanol–water partition coefficient (Wildman–Crippen LogP) is 5.09. The monoisotopic (exact) mass is 293 g/mol. The molecule has 0 bridgehead atoms. The fraction of sp³-hybridized carbons (Fsp3) is 0.211. The summed E-state index contributed by atoms with van der Waals surface area (Å²) in [5.74, 6) is -0.597. The first-order valence-corrected chi connectivity index (χ1v) is 7.43. The van der Waals surface area contributed by atoms with Gasteiger partial charge < -0.3 is 4.74 Å². The third-order valence-corrected chi connectivity index (χ3v) is 3.94. The van der Waals surface area contributed by atoms with E-state index < -0.39 is 5.97 Å². The molecule has 0 aliphatic carbocycles. The van der Waals surface area contributed by atoms with Crippen LogP contribution in [-0.4, -0.2) is 12.1 Å². The lowest BCUT2D eigenvalue weighted by Crippen LogP contribution is -2.13. The van der Waals surface area contributed by atoms with Crippen molar-refractivity contribution in [1.29, 1.82) is 0 Å². The summed E-state index contributed by atoms with van der Waals surface area (Å²) in [6, 6.07) is 14.7. The lowest BCUT2D eigenvalue weighted by atomic mass is 9.99. The largest absolute Gasteiger partial charge is 0.459 e. The van der Waals surface area contributed by atoms with E-state index in [1.807, 2.05) is 50.2 Å². The van der Waals surface area contributed by atoms with Crippen molar-refractivity contribution < 1.29 is 14.6 Å². The Labute approximate surface area is 129 Å². The second-order valence-electron chi connectivity index (χ2n) is 5.48. The Hall–Kier alpha value is -2.55. The molecule has 1 radical (unpaired) electrons. The van der Waals surface area contributed by atoms with Gasteiger partial charge in [-0.1, -0.05) is 37.3 Å². The van der Waals surface area contributed by atoms with Gasteiger partial charge in [0.1, 0.15) is 0 Å².